The van der Waals surface area contributed by atoms with Crippen molar-refractivity contribution < 1.29 is 4.42 Å². The van der Waals surface area contributed by atoms with Crippen LogP contribution in [0.3, 0.4) is 0 Å². The maximum atomic E-state index is 6.44. The third kappa shape index (κ3) is 2.33. The number of allylic oxidation sites excluding steroid dienone is 2. The molecule has 0 saturated heterocycles. The molecule has 4 rings (SSSR count). The topological polar surface area (TPSA) is 13.1 Å². The number of rotatable bonds is 2. The molecule has 23 heavy (non-hydrogen) atoms. The van der Waals surface area contributed by atoms with Gasteiger partial charge >= 0.3 is 0 Å². The van der Waals surface area contributed by atoms with E-state index in [1.165, 1.54) is 11.1 Å². The average Bonchev–Trinajstić information content (AvgIpc) is 3.02. The van der Waals surface area contributed by atoms with Crippen LogP contribution in [0.4, 0.5) is 0 Å². The van der Waals surface area contributed by atoms with Crippen LogP contribution in [0.1, 0.15) is 36.8 Å². The third-order valence-corrected chi connectivity index (χ3v) is 4.65. The lowest BCUT2D eigenvalue weighted by atomic mass is 9.82. The summed E-state index contributed by atoms with van der Waals surface area (Å²) >= 11 is 0. The van der Waals surface area contributed by atoms with Crippen molar-refractivity contribution in [1.82, 2.24) is 0 Å². The van der Waals surface area contributed by atoms with Gasteiger partial charge < -0.3 is 4.42 Å². The summed E-state index contributed by atoms with van der Waals surface area (Å²) in [5.74, 6) is 2.78. The maximum Gasteiger partial charge on any atom is 0.138 e. The molecule has 0 unspecified atom stereocenters. The van der Waals surface area contributed by atoms with Gasteiger partial charge in [-0.1, -0.05) is 86.7 Å². The van der Waals surface area contributed by atoms with E-state index in [0.29, 0.717) is 11.8 Å². The molecule has 2 atom stereocenters. The van der Waals surface area contributed by atoms with E-state index in [1.807, 2.05) is 12.1 Å². The molecular formula is C22H20O. The molecule has 3 aromatic rings. The predicted molar refractivity (Wildman–Crippen MR) is 95.6 cm³/mol. The van der Waals surface area contributed by atoms with E-state index in [2.05, 4.69) is 74.5 Å². The normalized spacial score (nSPS) is 19.6. The summed E-state index contributed by atoms with van der Waals surface area (Å²) in [6.45, 7) is 4.50. The van der Waals surface area contributed by atoms with Crippen molar-refractivity contribution in [2.75, 3.05) is 0 Å². The van der Waals surface area contributed by atoms with Crippen molar-refractivity contribution in [3.63, 3.8) is 0 Å². The smallest absolute Gasteiger partial charge is 0.138 e. The molecule has 0 spiro atoms. The standard InChI is InChI=1S/C22H20O/c1-15-13-14-16(2)20-19(15)21(17-9-5-3-6-10-17)23-22(20)18-11-7-4-8-12-18/h3-16H,1-2H3/t15-,16-/m1/s1. The molecule has 1 nitrogen and oxygen atoms in total. The second-order valence-corrected chi connectivity index (χ2v) is 6.28. The highest BCUT2D eigenvalue weighted by Gasteiger charge is 2.29. The quantitative estimate of drug-likeness (QED) is 0.500. The van der Waals surface area contributed by atoms with Gasteiger partial charge in [0.05, 0.1) is 0 Å². The molecule has 1 aliphatic rings. The Balaban J connectivity index is 2.00. The van der Waals surface area contributed by atoms with Gasteiger partial charge in [-0.25, -0.2) is 0 Å². The Bertz CT molecular complexity index is 770. The van der Waals surface area contributed by atoms with Crippen molar-refractivity contribution in [2.45, 2.75) is 25.7 Å². The van der Waals surface area contributed by atoms with E-state index in [0.717, 1.165) is 22.6 Å². The van der Waals surface area contributed by atoms with Crippen LogP contribution in [0.25, 0.3) is 22.6 Å². The van der Waals surface area contributed by atoms with Gasteiger partial charge in [0.15, 0.2) is 0 Å². The molecule has 0 N–H and O–H groups in total. The molecule has 0 radical (unpaired) electrons. The maximum absolute atomic E-state index is 6.44. The third-order valence-electron chi connectivity index (χ3n) is 4.65. The Hall–Kier alpha value is -2.54. The second-order valence-electron chi connectivity index (χ2n) is 6.28. The molecule has 1 aliphatic carbocycles. The molecular weight excluding hydrogens is 280 g/mol. The number of hydrogen-bond acceptors (Lipinski definition) is 1. The number of benzene rings is 2. The van der Waals surface area contributed by atoms with Crippen LogP contribution in [0, 0.1) is 0 Å². The second kappa shape index (κ2) is 5.58. The zero-order valence-corrected chi connectivity index (χ0v) is 13.5. The Morgan fingerprint density at radius 3 is 1.39 bits per heavy atom. The molecule has 2 aromatic carbocycles. The first-order valence-corrected chi connectivity index (χ1v) is 8.21. The molecule has 0 saturated carbocycles. The van der Waals surface area contributed by atoms with E-state index in [1.54, 1.807) is 0 Å². The summed E-state index contributed by atoms with van der Waals surface area (Å²) in [7, 11) is 0. The highest BCUT2D eigenvalue weighted by Crippen LogP contribution is 2.47. The first kappa shape index (κ1) is 14.1. The highest BCUT2D eigenvalue weighted by atomic mass is 16.3. The minimum atomic E-state index is 0.373. The fourth-order valence-electron chi connectivity index (χ4n) is 3.49. The minimum absolute atomic E-state index is 0.373. The highest BCUT2D eigenvalue weighted by molar-refractivity contribution is 5.75. The van der Waals surface area contributed by atoms with Gasteiger partial charge in [-0.15, -0.1) is 0 Å². The van der Waals surface area contributed by atoms with E-state index in [-0.39, 0.29) is 0 Å². The van der Waals surface area contributed by atoms with Gasteiger partial charge in [-0.3, -0.25) is 0 Å². The number of fused-ring (bicyclic) bond motifs is 1. The van der Waals surface area contributed by atoms with Gasteiger partial charge in [0.1, 0.15) is 11.5 Å². The molecule has 114 valence electrons. The van der Waals surface area contributed by atoms with Crippen LogP contribution < -0.4 is 0 Å². The first-order valence-electron chi connectivity index (χ1n) is 8.21. The summed E-state index contributed by atoms with van der Waals surface area (Å²) in [6.07, 6.45) is 4.59. The van der Waals surface area contributed by atoms with Gasteiger partial charge in [0.25, 0.3) is 0 Å². The van der Waals surface area contributed by atoms with Gasteiger partial charge in [0, 0.05) is 34.1 Å². The molecule has 0 amide bonds. The van der Waals surface area contributed by atoms with Crippen molar-refractivity contribution in [1.29, 1.82) is 0 Å². The van der Waals surface area contributed by atoms with Crippen molar-refractivity contribution in [3.8, 4) is 22.6 Å². The van der Waals surface area contributed by atoms with E-state index in [4.69, 9.17) is 4.42 Å². The molecule has 1 heteroatoms. The van der Waals surface area contributed by atoms with Crippen LogP contribution in [0.15, 0.2) is 77.2 Å². The summed E-state index contributed by atoms with van der Waals surface area (Å²) < 4.78 is 6.44. The van der Waals surface area contributed by atoms with Crippen LogP contribution in [0.5, 0.6) is 0 Å². The van der Waals surface area contributed by atoms with Crippen LogP contribution in [-0.2, 0) is 0 Å². The molecule has 1 heterocycles. The molecule has 0 bridgehead atoms. The van der Waals surface area contributed by atoms with Crippen LogP contribution >= 0.6 is 0 Å². The van der Waals surface area contributed by atoms with Crippen molar-refractivity contribution >= 4 is 0 Å². The summed E-state index contributed by atoms with van der Waals surface area (Å²) in [4.78, 5) is 0. The van der Waals surface area contributed by atoms with E-state index in [9.17, 15) is 0 Å². The fraction of sp³-hybridized carbons (Fsp3) is 0.182. The lowest BCUT2D eigenvalue weighted by molar-refractivity contribution is 0.591. The minimum Gasteiger partial charge on any atom is -0.455 e. The summed E-state index contributed by atoms with van der Waals surface area (Å²) in [5.41, 5.74) is 4.98. The van der Waals surface area contributed by atoms with Gasteiger partial charge in [-0.2, -0.15) is 0 Å². The van der Waals surface area contributed by atoms with Gasteiger partial charge in [-0.05, 0) is 0 Å². The molecule has 0 fully saturated rings. The number of furan rings is 1. The Morgan fingerprint density at radius 2 is 1.00 bits per heavy atom. The Morgan fingerprint density at radius 1 is 0.609 bits per heavy atom. The lowest BCUT2D eigenvalue weighted by Gasteiger charge is -2.19. The molecule has 0 aliphatic heterocycles. The largest absolute Gasteiger partial charge is 0.455 e. The zero-order chi connectivity index (χ0) is 15.8. The summed E-state index contributed by atoms with van der Waals surface area (Å²) in [5, 5.41) is 0. The predicted octanol–water partition coefficient (Wildman–Crippen LogP) is 6.39. The zero-order valence-electron chi connectivity index (χ0n) is 13.5. The Labute approximate surface area is 137 Å². The molecule has 1 aromatic heterocycles. The van der Waals surface area contributed by atoms with E-state index >= 15 is 0 Å². The van der Waals surface area contributed by atoms with Crippen molar-refractivity contribution in [2.24, 2.45) is 0 Å². The fourth-order valence-corrected chi connectivity index (χ4v) is 3.49. The Kier molecular flexibility index (Phi) is 3.42. The monoisotopic (exact) mass is 300 g/mol. The summed E-state index contributed by atoms with van der Waals surface area (Å²) in [6, 6.07) is 20.9. The number of hydrogen-bond donors (Lipinski definition) is 0. The first-order chi connectivity index (χ1) is 11.3. The van der Waals surface area contributed by atoms with Gasteiger partial charge in [0.2, 0.25) is 0 Å². The lowest BCUT2D eigenvalue weighted by Crippen LogP contribution is -2.04. The SMILES string of the molecule is C[C@@H]1C=C[C@@H](C)c2c(-c3ccccc3)oc(-c3ccccc3)c21. The average molecular weight is 300 g/mol. The van der Waals surface area contributed by atoms with E-state index < -0.39 is 0 Å². The van der Waals surface area contributed by atoms with Crippen LogP contribution in [-0.4, -0.2) is 0 Å². The van der Waals surface area contributed by atoms with Crippen molar-refractivity contribution in [3.05, 3.63) is 83.9 Å². The van der Waals surface area contributed by atoms with Crippen LogP contribution in [0.2, 0.25) is 0 Å².